The molecule has 1 atom stereocenters. The van der Waals surface area contributed by atoms with Gasteiger partial charge in [-0.05, 0) is 43.5 Å². The zero-order chi connectivity index (χ0) is 10.3. The van der Waals surface area contributed by atoms with Crippen LogP contribution in [0.2, 0.25) is 0 Å². The van der Waals surface area contributed by atoms with Gasteiger partial charge >= 0.3 is 0 Å². The van der Waals surface area contributed by atoms with Gasteiger partial charge in [0.25, 0.3) is 0 Å². The van der Waals surface area contributed by atoms with Gasteiger partial charge in [0.05, 0.1) is 0 Å². The van der Waals surface area contributed by atoms with Gasteiger partial charge in [-0.15, -0.1) is 0 Å². The van der Waals surface area contributed by atoms with Crippen LogP contribution in [0.4, 0.5) is 5.69 Å². The molecule has 0 bridgehead atoms. The van der Waals surface area contributed by atoms with Crippen LogP contribution in [0.25, 0.3) is 0 Å². The Bertz CT molecular complexity index is 378. The number of benzene rings is 1. The maximum atomic E-state index is 3.53. The molecule has 0 radical (unpaired) electrons. The van der Waals surface area contributed by atoms with E-state index in [4.69, 9.17) is 0 Å². The molecule has 0 amide bonds. The van der Waals surface area contributed by atoms with E-state index >= 15 is 0 Å². The highest BCUT2D eigenvalue weighted by Gasteiger charge is 2.38. The Hall–Kier alpha value is -1.02. The summed E-state index contributed by atoms with van der Waals surface area (Å²) in [6.07, 6.45) is 2.57. The van der Waals surface area contributed by atoms with Crippen molar-refractivity contribution < 1.29 is 0 Å². The maximum absolute atomic E-state index is 3.53. The first-order chi connectivity index (χ1) is 7.30. The molecule has 1 fully saturated rings. The number of aryl methyl sites for hydroxylation is 1. The lowest BCUT2D eigenvalue weighted by molar-refractivity contribution is 0.434. The van der Waals surface area contributed by atoms with E-state index in [1.807, 2.05) is 0 Å². The lowest BCUT2D eigenvalue weighted by Gasteiger charge is -2.36. The molecule has 80 valence electrons. The van der Waals surface area contributed by atoms with Gasteiger partial charge in [0.2, 0.25) is 0 Å². The molecule has 15 heavy (non-hydrogen) atoms. The first-order valence-electron chi connectivity index (χ1n) is 5.86. The molecular formula is C13H18N2. The summed E-state index contributed by atoms with van der Waals surface area (Å²) in [5.74, 6) is 0. The Morgan fingerprint density at radius 2 is 2.07 bits per heavy atom. The van der Waals surface area contributed by atoms with Gasteiger partial charge in [-0.3, -0.25) is 0 Å². The summed E-state index contributed by atoms with van der Waals surface area (Å²) in [5, 5.41) is 7.04. The standard InChI is InChI=1S/C13H18N2/c1-10-2-3-11-12(8-10)15-7-5-13(11)4-6-14-9-13/h2-3,8,14-15H,4-7,9H2,1H3. The Morgan fingerprint density at radius 1 is 1.20 bits per heavy atom. The highest BCUT2D eigenvalue weighted by molar-refractivity contribution is 5.59. The van der Waals surface area contributed by atoms with Gasteiger partial charge < -0.3 is 10.6 Å². The second-order valence-electron chi connectivity index (χ2n) is 4.93. The van der Waals surface area contributed by atoms with Crippen LogP contribution in [0.1, 0.15) is 24.0 Å². The Morgan fingerprint density at radius 3 is 2.87 bits per heavy atom. The molecule has 1 saturated heterocycles. The van der Waals surface area contributed by atoms with Crippen molar-refractivity contribution in [3.05, 3.63) is 29.3 Å². The summed E-state index contributed by atoms with van der Waals surface area (Å²) in [7, 11) is 0. The molecule has 2 aliphatic rings. The summed E-state index contributed by atoms with van der Waals surface area (Å²) in [6, 6.07) is 6.85. The van der Waals surface area contributed by atoms with E-state index in [1.165, 1.54) is 36.2 Å². The van der Waals surface area contributed by atoms with Crippen molar-refractivity contribution in [2.75, 3.05) is 25.0 Å². The quantitative estimate of drug-likeness (QED) is 0.672. The van der Waals surface area contributed by atoms with Crippen LogP contribution in [0.3, 0.4) is 0 Å². The second-order valence-corrected chi connectivity index (χ2v) is 4.93. The molecule has 2 N–H and O–H groups in total. The third-order valence-corrected chi connectivity index (χ3v) is 3.91. The van der Waals surface area contributed by atoms with Crippen molar-refractivity contribution in [2.45, 2.75) is 25.2 Å². The molecule has 0 saturated carbocycles. The number of nitrogens with one attached hydrogen (secondary N) is 2. The predicted molar refractivity (Wildman–Crippen MR) is 63.5 cm³/mol. The fraction of sp³-hybridized carbons (Fsp3) is 0.538. The third kappa shape index (κ3) is 1.36. The summed E-state index contributed by atoms with van der Waals surface area (Å²) in [5.41, 5.74) is 4.67. The molecule has 0 aromatic heterocycles. The molecule has 1 unspecified atom stereocenters. The van der Waals surface area contributed by atoms with Gasteiger partial charge in [-0.2, -0.15) is 0 Å². The number of hydrogen-bond donors (Lipinski definition) is 2. The molecule has 2 nitrogen and oxygen atoms in total. The topological polar surface area (TPSA) is 24.1 Å². The van der Waals surface area contributed by atoms with Crippen molar-refractivity contribution in [2.24, 2.45) is 0 Å². The molecule has 3 rings (SSSR count). The van der Waals surface area contributed by atoms with Crippen LogP contribution in [-0.2, 0) is 5.41 Å². The molecule has 2 aliphatic heterocycles. The van der Waals surface area contributed by atoms with Crippen molar-refractivity contribution in [1.29, 1.82) is 0 Å². The van der Waals surface area contributed by atoms with Crippen LogP contribution >= 0.6 is 0 Å². The number of anilines is 1. The van der Waals surface area contributed by atoms with Crippen LogP contribution in [0, 0.1) is 6.92 Å². The van der Waals surface area contributed by atoms with E-state index in [0.29, 0.717) is 5.41 Å². The molecular weight excluding hydrogens is 184 g/mol. The molecule has 2 heterocycles. The minimum absolute atomic E-state index is 0.425. The lowest BCUT2D eigenvalue weighted by atomic mass is 9.74. The van der Waals surface area contributed by atoms with E-state index < -0.39 is 0 Å². The highest BCUT2D eigenvalue weighted by Crippen LogP contribution is 2.41. The number of hydrogen-bond acceptors (Lipinski definition) is 2. The van der Waals surface area contributed by atoms with E-state index in [9.17, 15) is 0 Å². The Kier molecular flexibility index (Phi) is 1.99. The van der Waals surface area contributed by atoms with Crippen LogP contribution in [-0.4, -0.2) is 19.6 Å². The summed E-state index contributed by atoms with van der Waals surface area (Å²) in [6.45, 7) is 5.62. The summed E-state index contributed by atoms with van der Waals surface area (Å²) >= 11 is 0. The van der Waals surface area contributed by atoms with Gasteiger partial charge in [-0.1, -0.05) is 12.1 Å². The molecule has 1 spiro atoms. The van der Waals surface area contributed by atoms with Crippen LogP contribution < -0.4 is 10.6 Å². The van der Waals surface area contributed by atoms with Gasteiger partial charge in [0, 0.05) is 24.2 Å². The van der Waals surface area contributed by atoms with Gasteiger partial charge in [0.1, 0.15) is 0 Å². The zero-order valence-corrected chi connectivity index (χ0v) is 9.27. The molecule has 2 heteroatoms. The Balaban J connectivity index is 2.10. The number of rotatable bonds is 0. The van der Waals surface area contributed by atoms with Crippen molar-refractivity contribution in [3.63, 3.8) is 0 Å². The highest BCUT2D eigenvalue weighted by atomic mass is 15.0. The minimum Gasteiger partial charge on any atom is -0.385 e. The van der Waals surface area contributed by atoms with Crippen molar-refractivity contribution >= 4 is 5.69 Å². The van der Waals surface area contributed by atoms with Gasteiger partial charge in [0.15, 0.2) is 0 Å². The minimum atomic E-state index is 0.425. The van der Waals surface area contributed by atoms with E-state index in [0.717, 1.165) is 13.1 Å². The average molecular weight is 202 g/mol. The van der Waals surface area contributed by atoms with Crippen LogP contribution in [0.15, 0.2) is 18.2 Å². The van der Waals surface area contributed by atoms with E-state index in [2.05, 4.69) is 35.8 Å². The van der Waals surface area contributed by atoms with Crippen LogP contribution in [0.5, 0.6) is 0 Å². The zero-order valence-electron chi connectivity index (χ0n) is 9.27. The second kappa shape index (κ2) is 3.24. The largest absolute Gasteiger partial charge is 0.385 e. The lowest BCUT2D eigenvalue weighted by Crippen LogP contribution is -2.36. The smallest absolute Gasteiger partial charge is 0.0381 e. The normalized spacial score (nSPS) is 28.9. The SMILES string of the molecule is Cc1ccc2c(c1)NCCC21CCNC1. The van der Waals surface area contributed by atoms with E-state index in [1.54, 1.807) is 0 Å². The maximum Gasteiger partial charge on any atom is 0.0381 e. The summed E-state index contributed by atoms with van der Waals surface area (Å²) in [4.78, 5) is 0. The average Bonchev–Trinajstić information content (AvgIpc) is 2.67. The summed E-state index contributed by atoms with van der Waals surface area (Å²) < 4.78 is 0. The fourth-order valence-corrected chi connectivity index (χ4v) is 3.02. The molecule has 0 aliphatic carbocycles. The predicted octanol–water partition coefficient (Wildman–Crippen LogP) is 2.04. The Labute approximate surface area is 91.1 Å². The van der Waals surface area contributed by atoms with Crippen molar-refractivity contribution in [3.8, 4) is 0 Å². The van der Waals surface area contributed by atoms with E-state index in [-0.39, 0.29) is 0 Å². The van der Waals surface area contributed by atoms with Gasteiger partial charge in [-0.25, -0.2) is 0 Å². The molecule has 1 aromatic rings. The first-order valence-corrected chi connectivity index (χ1v) is 5.86. The van der Waals surface area contributed by atoms with Crippen molar-refractivity contribution in [1.82, 2.24) is 5.32 Å². The monoisotopic (exact) mass is 202 g/mol. The third-order valence-electron chi connectivity index (χ3n) is 3.91. The first kappa shape index (κ1) is 9.22. The number of fused-ring (bicyclic) bond motifs is 2. The molecule has 1 aromatic carbocycles. The fourth-order valence-electron chi connectivity index (χ4n) is 3.02.